The third kappa shape index (κ3) is 4.67. The van der Waals surface area contributed by atoms with Crippen molar-refractivity contribution in [2.75, 3.05) is 39.8 Å². The molecule has 7 nitrogen and oxygen atoms in total. The maximum absolute atomic E-state index is 13.0. The average molecular weight is 397 g/mol. The van der Waals surface area contributed by atoms with Gasteiger partial charge in [0.15, 0.2) is 5.69 Å². The van der Waals surface area contributed by atoms with Gasteiger partial charge in [-0.2, -0.15) is 0 Å². The number of piperidine rings is 1. The van der Waals surface area contributed by atoms with Gasteiger partial charge >= 0.3 is 0 Å². The van der Waals surface area contributed by atoms with Gasteiger partial charge in [-0.15, -0.1) is 5.10 Å². The van der Waals surface area contributed by atoms with Crippen molar-refractivity contribution in [2.24, 2.45) is 5.92 Å². The van der Waals surface area contributed by atoms with Crippen molar-refractivity contribution in [3.8, 4) is 0 Å². The highest BCUT2D eigenvalue weighted by atomic mass is 16.2. The van der Waals surface area contributed by atoms with Crippen LogP contribution in [0, 0.1) is 12.8 Å². The second kappa shape index (κ2) is 9.05. The molecule has 3 heterocycles. The van der Waals surface area contributed by atoms with E-state index in [1.54, 1.807) is 0 Å². The van der Waals surface area contributed by atoms with Crippen LogP contribution in [-0.4, -0.2) is 70.5 Å². The highest BCUT2D eigenvalue weighted by Gasteiger charge is 2.28. The predicted molar refractivity (Wildman–Crippen MR) is 113 cm³/mol. The van der Waals surface area contributed by atoms with Crippen LogP contribution < -0.4 is 5.32 Å². The molecule has 0 radical (unpaired) electrons. The molecule has 0 spiro atoms. The molecule has 4 rings (SSSR count). The van der Waals surface area contributed by atoms with Gasteiger partial charge in [-0.05, 0) is 57.3 Å². The second-order valence-electron chi connectivity index (χ2n) is 8.51. The minimum Gasteiger partial charge on any atom is -0.340 e. The van der Waals surface area contributed by atoms with Crippen molar-refractivity contribution in [1.82, 2.24) is 30.1 Å². The van der Waals surface area contributed by atoms with Crippen LogP contribution in [0.3, 0.4) is 0 Å². The van der Waals surface area contributed by atoms with Gasteiger partial charge in [0.05, 0.1) is 11.7 Å². The summed E-state index contributed by atoms with van der Waals surface area (Å²) in [5, 5.41) is 11.9. The Morgan fingerprint density at radius 1 is 1.21 bits per heavy atom. The number of nitrogens with zero attached hydrogens (tertiary/aromatic N) is 5. The van der Waals surface area contributed by atoms with E-state index in [4.69, 9.17) is 0 Å². The zero-order valence-electron chi connectivity index (χ0n) is 17.5. The summed E-state index contributed by atoms with van der Waals surface area (Å²) in [6, 6.07) is 10.9. The average Bonchev–Trinajstić information content (AvgIpc) is 3.35. The number of hydrogen-bond donors (Lipinski definition) is 1. The third-order valence-corrected chi connectivity index (χ3v) is 6.28. The van der Waals surface area contributed by atoms with Crippen molar-refractivity contribution in [1.29, 1.82) is 0 Å². The first-order valence-electron chi connectivity index (χ1n) is 10.8. The summed E-state index contributed by atoms with van der Waals surface area (Å²) in [6.07, 6.45) is 3.20. The van der Waals surface area contributed by atoms with Crippen LogP contribution in [-0.2, 0) is 6.54 Å². The van der Waals surface area contributed by atoms with Crippen LogP contribution in [0.25, 0.3) is 0 Å². The van der Waals surface area contributed by atoms with Crippen molar-refractivity contribution in [3.05, 3.63) is 47.3 Å². The fraction of sp³-hybridized carbons (Fsp3) is 0.591. The smallest absolute Gasteiger partial charge is 0.276 e. The van der Waals surface area contributed by atoms with Gasteiger partial charge in [-0.1, -0.05) is 35.5 Å². The van der Waals surface area contributed by atoms with Crippen LogP contribution in [0.4, 0.5) is 0 Å². The maximum atomic E-state index is 13.0. The van der Waals surface area contributed by atoms with Gasteiger partial charge in [0.1, 0.15) is 0 Å². The number of benzene rings is 1. The molecule has 156 valence electrons. The number of likely N-dealkylation sites (tertiary alicyclic amines) is 1. The topological polar surface area (TPSA) is 66.3 Å². The molecule has 1 aromatic carbocycles. The molecule has 7 heteroatoms. The number of amides is 1. The van der Waals surface area contributed by atoms with E-state index in [1.807, 2.05) is 23.6 Å². The summed E-state index contributed by atoms with van der Waals surface area (Å²) < 4.78 is 1.96. The molecule has 1 amide bonds. The molecule has 1 N–H and O–H groups in total. The van der Waals surface area contributed by atoms with E-state index in [-0.39, 0.29) is 5.91 Å². The van der Waals surface area contributed by atoms with E-state index < -0.39 is 0 Å². The molecule has 1 unspecified atom stereocenters. The molecule has 2 fully saturated rings. The standard InChI is InChI=1S/C22H32N6O/c1-17-21(24-25-28(17)20-8-11-23-12-9-20)22(29)26(2)14-19-10-13-27(16-19)15-18-6-4-3-5-7-18/h3-7,19-20,23H,8-16H2,1-2H3. The molecule has 0 bridgehead atoms. The molecule has 0 saturated carbocycles. The second-order valence-corrected chi connectivity index (χ2v) is 8.51. The normalized spacial score (nSPS) is 20.8. The number of carbonyl (C=O) groups excluding carboxylic acids is 1. The molecule has 2 aliphatic rings. The Labute approximate surface area is 173 Å². The quantitative estimate of drug-likeness (QED) is 0.810. The Hall–Kier alpha value is -2.25. The first kappa shape index (κ1) is 20.0. The van der Waals surface area contributed by atoms with Gasteiger partial charge in [0.2, 0.25) is 0 Å². The van der Waals surface area contributed by atoms with Crippen molar-refractivity contribution < 1.29 is 4.79 Å². The Kier molecular flexibility index (Phi) is 6.25. The lowest BCUT2D eigenvalue weighted by Crippen LogP contribution is -2.34. The minimum atomic E-state index is -0.0100. The summed E-state index contributed by atoms with van der Waals surface area (Å²) in [5.41, 5.74) is 2.75. The minimum absolute atomic E-state index is 0.0100. The van der Waals surface area contributed by atoms with E-state index in [1.165, 1.54) is 5.56 Å². The summed E-state index contributed by atoms with van der Waals surface area (Å²) in [4.78, 5) is 17.3. The number of hydrogen-bond acceptors (Lipinski definition) is 5. The molecule has 0 aliphatic carbocycles. The molecular formula is C22H32N6O. The van der Waals surface area contributed by atoms with E-state index in [0.717, 1.165) is 64.2 Å². The fourth-order valence-corrected chi connectivity index (χ4v) is 4.63. The van der Waals surface area contributed by atoms with Crippen LogP contribution in [0.15, 0.2) is 30.3 Å². The lowest BCUT2D eigenvalue weighted by atomic mass is 10.1. The Morgan fingerprint density at radius 3 is 2.72 bits per heavy atom. The van der Waals surface area contributed by atoms with Gasteiger partial charge in [-0.25, -0.2) is 4.68 Å². The zero-order valence-corrected chi connectivity index (χ0v) is 17.5. The summed E-state index contributed by atoms with van der Waals surface area (Å²) in [6.45, 7) is 7.84. The highest BCUT2D eigenvalue weighted by Crippen LogP contribution is 2.22. The third-order valence-electron chi connectivity index (χ3n) is 6.28. The van der Waals surface area contributed by atoms with E-state index >= 15 is 0 Å². The van der Waals surface area contributed by atoms with Gasteiger partial charge in [-0.3, -0.25) is 9.69 Å². The van der Waals surface area contributed by atoms with Crippen molar-refractivity contribution >= 4 is 5.91 Å². The monoisotopic (exact) mass is 396 g/mol. The molecule has 2 aromatic rings. The van der Waals surface area contributed by atoms with E-state index in [2.05, 4.69) is 50.9 Å². The molecule has 2 aliphatic heterocycles. The maximum Gasteiger partial charge on any atom is 0.276 e. The van der Waals surface area contributed by atoms with Crippen LogP contribution in [0.1, 0.15) is 47.1 Å². The Bertz CT molecular complexity index is 814. The largest absolute Gasteiger partial charge is 0.340 e. The van der Waals surface area contributed by atoms with Gasteiger partial charge in [0.25, 0.3) is 5.91 Å². The van der Waals surface area contributed by atoms with Crippen molar-refractivity contribution in [3.63, 3.8) is 0 Å². The molecule has 2 saturated heterocycles. The van der Waals surface area contributed by atoms with Crippen LogP contribution in [0.5, 0.6) is 0 Å². The van der Waals surface area contributed by atoms with E-state index in [9.17, 15) is 4.79 Å². The lowest BCUT2D eigenvalue weighted by molar-refractivity contribution is 0.0766. The molecule has 29 heavy (non-hydrogen) atoms. The first-order valence-corrected chi connectivity index (χ1v) is 10.8. The van der Waals surface area contributed by atoms with Crippen LogP contribution in [0.2, 0.25) is 0 Å². The Balaban J connectivity index is 1.32. The molecule has 1 aromatic heterocycles. The Morgan fingerprint density at radius 2 is 1.97 bits per heavy atom. The summed E-state index contributed by atoms with van der Waals surface area (Å²) in [7, 11) is 1.89. The SMILES string of the molecule is Cc1c(C(=O)N(C)CC2CCN(Cc3ccccc3)C2)nnn1C1CCNCC1. The first-order chi connectivity index (χ1) is 14.1. The van der Waals surface area contributed by atoms with Gasteiger partial charge < -0.3 is 10.2 Å². The summed E-state index contributed by atoms with van der Waals surface area (Å²) >= 11 is 0. The summed E-state index contributed by atoms with van der Waals surface area (Å²) in [5.74, 6) is 0.497. The van der Waals surface area contributed by atoms with E-state index in [0.29, 0.717) is 17.7 Å². The molecular weight excluding hydrogens is 364 g/mol. The fourth-order valence-electron chi connectivity index (χ4n) is 4.63. The van der Waals surface area contributed by atoms with Crippen LogP contribution >= 0.6 is 0 Å². The lowest BCUT2D eigenvalue weighted by Gasteiger charge is -2.24. The highest BCUT2D eigenvalue weighted by molar-refractivity contribution is 5.93. The molecule has 1 atom stereocenters. The number of nitrogens with one attached hydrogen (secondary N) is 1. The zero-order chi connectivity index (χ0) is 20.2. The number of carbonyl (C=O) groups is 1. The number of rotatable bonds is 6. The number of aromatic nitrogens is 3. The predicted octanol–water partition coefficient (Wildman–Crippen LogP) is 2.11. The van der Waals surface area contributed by atoms with Crippen molar-refractivity contribution in [2.45, 2.75) is 38.8 Å². The van der Waals surface area contributed by atoms with Gasteiger partial charge in [0, 0.05) is 26.7 Å².